The highest BCUT2D eigenvalue weighted by atomic mass is 32.2. The predicted molar refractivity (Wildman–Crippen MR) is 65.0 cm³/mol. The SMILES string of the molecule is Cc1ccc2cc(SCC#N)ccc2c1. The number of thioether (sulfide) groups is 1. The molecule has 2 aromatic rings. The largest absolute Gasteiger partial charge is 0.197 e. The molecular formula is C13H11NS. The van der Waals surface area contributed by atoms with E-state index in [1.807, 2.05) is 0 Å². The standard InChI is InChI=1S/C13H11NS/c1-10-2-3-12-9-13(15-7-6-14)5-4-11(12)8-10/h2-5,8-9H,7H2,1H3. The van der Waals surface area contributed by atoms with E-state index in [1.54, 1.807) is 11.8 Å². The molecule has 0 saturated heterocycles. The van der Waals surface area contributed by atoms with Gasteiger partial charge in [0.2, 0.25) is 0 Å². The molecule has 0 N–H and O–H groups in total. The Kier molecular flexibility index (Phi) is 2.94. The third-order valence-corrected chi connectivity index (χ3v) is 3.13. The normalized spacial score (nSPS) is 10.1. The lowest BCUT2D eigenvalue weighted by molar-refractivity contribution is 1.46. The van der Waals surface area contributed by atoms with E-state index >= 15 is 0 Å². The van der Waals surface area contributed by atoms with Gasteiger partial charge in [0, 0.05) is 4.90 Å². The maximum absolute atomic E-state index is 8.51. The van der Waals surface area contributed by atoms with E-state index in [-0.39, 0.29) is 0 Å². The van der Waals surface area contributed by atoms with Crippen LogP contribution in [0.25, 0.3) is 10.8 Å². The Balaban J connectivity index is 2.40. The number of nitrogens with zero attached hydrogens (tertiary/aromatic N) is 1. The van der Waals surface area contributed by atoms with Gasteiger partial charge in [0.1, 0.15) is 0 Å². The zero-order valence-electron chi connectivity index (χ0n) is 8.53. The minimum atomic E-state index is 0.511. The maximum Gasteiger partial charge on any atom is 0.0855 e. The molecule has 0 bridgehead atoms. The Morgan fingerprint density at radius 3 is 2.67 bits per heavy atom. The second-order valence-corrected chi connectivity index (χ2v) is 4.51. The van der Waals surface area contributed by atoms with Crippen LogP contribution >= 0.6 is 11.8 Å². The van der Waals surface area contributed by atoms with Crippen LogP contribution in [0, 0.1) is 18.3 Å². The summed E-state index contributed by atoms with van der Waals surface area (Å²) < 4.78 is 0. The van der Waals surface area contributed by atoms with Crippen molar-refractivity contribution in [3.8, 4) is 6.07 Å². The molecule has 0 unspecified atom stereocenters. The van der Waals surface area contributed by atoms with Crippen molar-refractivity contribution in [2.45, 2.75) is 11.8 Å². The lowest BCUT2D eigenvalue weighted by atomic mass is 10.1. The molecule has 74 valence electrons. The number of hydrogen-bond acceptors (Lipinski definition) is 2. The van der Waals surface area contributed by atoms with Crippen LogP contribution in [0.3, 0.4) is 0 Å². The lowest BCUT2D eigenvalue weighted by Crippen LogP contribution is -1.78. The zero-order valence-corrected chi connectivity index (χ0v) is 9.34. The third kappa shape index (κ3) is 2.31. The number of fused-ring (bicyclic) bond motifs is 1. The van der Waals surface area contributed by atoms with E-state index in [4.69, 9.17) is 5.26 Å². The van der Waals surface area contributed by atoms with Gasteiger partial charge in [-0.15, -0.1) is 11.8 Å². The van der Waals surface area contributed by atoms with E-state index in [0.717, 1.165) is 4.90 Å². The number of benzene rings is 2. The molecule has 0 saturated carbocycles. The molecular weight excluding hydrogens is 202 g/mol. The molecule has 2 heteroatoms. The predicted octanol–water partition coefficient (Wildman–Crippen LogP) is 3.76. The van der Waals surface area contributed by atoms with Crippen molar-refractivity contribution in [3.63, 3.8) is 0 Å². The fraction of sp³-hybridized carbons (Fsp3) is 0.154. The Labute approximate surface area is 93.7 Å². The van der Waals surface area contributed by atoms with Gasteiger partial charge < -0.3 is 0 Å². The van der Waals surface area contributed by atoms with Gasteiger partial charge in [0.15, 0.2) is 0 Å². The molecule has 0 radical (unpaired) electrons. The van der Waals surface area contributed by atoms with Gasteiger partial charge in [-0.2, -0.15) is 5.26 Å². The van der Waals surface area contributed by atoms with Gasteiger partial charge in [-0.05, 0) is 29.8 Å². The average Bonchev–Trinajstić information content (AvgIpc) is 2.26. The van der Waals surface area contributed by atoms with E-state index < -0.39 is 0 Å². The van der Waals surface area contributed by atoms with Crippen LogP contribution in [-0.2, 0) is 0 Å². The van der Waals surface area contributed by atoms with Crippen LogP contribution in [0.1, 0.15) is 5.56 Å². The van der Waals surface area contributed by atoms with Gasteiger partial charge >= 0.3 is 0 Å². The van der Waals surface area contributed by atoms with Crippen LogP contribution in [0.15, 0.2) is 41.3 Å². The first-order valence-corrected chi connectivity index (χ1v) is 5.78. The first kappa shape index (κ1) is 10.1. The van der Waals surface area contributed by atoms with Gasteiger partial charge in [-0.1, -0.05) is 29.8 Å². The molecule has 2 rings (SSSR count). The lowest BCUT2D eigenvalue weighted by Gasteiger charge is -2.02. The van der Waals surface area contributed by atoms with Crippen molar-refractivity contribution in [3.05, 3.63) is 42.0 Å². The molecule has 0 spiro atoms. The van der Waals surface area contributed by atoms with Crippen molar-refractivity contribution < 1.29 is 0 Å². The molecule has 0 amide bonds. The number of rotatable bonds is 2. The fourth-order valence-corrected chi connectivity index (χ4v) is 2.15. The Hall–Kier alpha value is -1.46. The maximum atomic E-state index is 8.51. The second-order valence-electron chi connectivity index (χ2n) is 3.46. The Bertz CT molecular complexity index is 526. The summed E-state index contributed by atoms with van der Waals surface area (Å²) in [6.07, 6.45) is 0. The topological polar surface area (TPSA) is 23.8 Å². The molecule has 0 aromatic heterocycles. The minimum absolute atomic E-state index is 0.511. The third-order valence-electron chi connectivity index (χ3n) is 2.27. The highest BCUT2D eigenvalue weighted by molar-refractivity contribution is 7.99. The van der Waals surface area contributed by atoms with Crippen molar-refractivity contribution in [1.29, 1.82) is 5.26 Å². The van der Waals surface area contributed by atoms with Crippen LogP contribution < -0.4 is 0 Å². The minimum Gasteiger partial charge on any atom is -0.197 e. The van der Waals surface area contributed by atoms with Gasteiger partial charge in [0.05, 0.1) is 11.8 Å². The van der Waals surface area contributed by atoms with Crippen LogP contribution in [0.2, 0.25) is 0 Å². The highest BCUT2D eigenvalue weighted by Gasteiger charge is 1.97. The first-order chi connectivity index (χ1) is 7.29. The van der Waals surface area contributed by atoms with Crippen LogP contribution in [0.4, 0.5) is 0 Å². The van der Waals surface area contributed by atoms with Gasteiger partial charge in [-0.25, -0.2) is 0 Å². The van der Waals surface area contributed by atoms with E-state index in [0.29, 0.717) is 5.75 Å². The van der Waals surface area contributed by atoms with Crippen molar-refractivity contribution in [1.82, 2.24) is 0 Å². The first-order valence-electron chi connectivity index (χ1n) is 4.80. The summed E-state index contributed by atoms with van der Waals surface area (Å²) >= 11 is 1.58. The quantitative estimate of drug-likeness (QED) is 0.709. The summed E-state index contributed by atoms with van der Waals surface area (Å²) in [6, 6.07) is 14.9. The molecule has 0 atom stereocenters. The number of hydrogen-bond donors (Lipinski definition) is 0. The molecule has 0 heterocycles. The van der Waals surface area contributed by atoms with E-state index in [9.17, 15) is 0 Å². The van der Waals surface area contributed by atoms with Crippen molar-refractivity contribution in [2.24, 2.45) is 0 Å². The molecule has 1 nitrogen and oxygen atoms in total. The molecule has 0 aliphatic rings. The highest BCUT2D eigenvalue weighted by Crippen LogP contribution is 2.23. The summed E-state index contributed by atoms with van der Waals surface area (Å²) in [5, 5.41) is 11.0. The Morgan fingerprint density at radius 2 is 1.87 bits per heavy atom. The summed E-state index contributed by atoms with van der Waals surface area (Å²) in [7, 11) is 0. The van der Waals surface area contributed by atoms with Crippen molar-refractivity contribution in [2.75, 3.05) is 5.75 Å². The van der Waals surface area contributed by atoms with E-state index in [2.05, 4.69) is 49.4 Å². The molecule has 2 aromatic carbocycles. The number of nitriles is 1. The summed E-state index contributed by atoms with van der Waals surface area (Å²) in [5.74, 6) is 0.511. The molecule has 0 aliphatic carbocycles. The summed E-state index contributed by atoms with van der Waals surface area (Å²) in [6.45, 7) is 2.10. The molecule has 0 fully saturated rings. The van der Waals surface area contributed by atoms with Crippen molar-refractivity contribution >= 4 is 22.5 Å². The van der Waals surface area contributed by atoms with Gasteiger partial charge in [-0.3, -0.25) is 0 Å². The summed E-state index contributed by atoms with van der Waals surface area (Å²) in [5.41, 5.74) is 1.28. The van der Waals surface area contributed by atoms with Gasteiger partial charge in [0.25, 0.3) is 0 Å². The summed E-state index contributed by atoms with van der Waals surface area (Å²) in [4.78, 5) is 1.16. The zero-order chi connectivity index (χ0) is 10.7. The monoisotopic (exact) mass is 213 g/mol. The smallest absolute Gasteiger partial charge is 0.0855 e. The Morgan fingerprint density at radius 1 is 1.13 bits per heavy atom. The van der Waals surface area contributed by atoms with Crippen LogP contribution in [-0.4, -0.2) is 5.75 Å². The molecule has 15 heavy (non-hydrogen) atoms. The van der Waals surface area contributed by atoms with Crippen LogP contribution in [0.5, 0.6) is 0 Å². The fourth-order valence-electron chi connectivity index (χ4n) is 1.55. The van der Waals surface area contributed by atoms with E-state index in [1.165, 1.54) is 16.3 Å². The second kappa shape index (κ2) is 4.37. The average molecular weight is 213 g/mol. The number of aryl methyl sites for hydroxylation is 1. The molecule has 0 aliphatic heterocycles.